The second kappa shape index (κ2) is 5.89. The summed E-state index contributed by atoms with van der Waals surface area (Å²) >= 11 is 0. The van der Waals surface area contributed by atoms with Crippen molar-refractivity contribution in [1.29, 1.82) is 0 Å². The lowest BCUT2D eigenvalue weighted by molar-refractivity contribution is -0.110. The molecule has 2 aromatic rings. The summed E-state index contributed by atoms with van der Waals surface area (Å²) in [5.41, 5.74) is 3.24. The average molecular weight is 328 g/mol. The Kier molecular flexibility index (Phi) is 3.92. The summed E-state index contributed by atoms with van der Waals surface area (Å²) in [5, 5.41) is 2.79. The summed E-state index contributed by atoms with van der Waals surface area (Å²) in [5.74, 6) is -0.201. The van der Waals surface area contributed by atoms with Crippen molar-refractivity contribution in [2.45, 2.75) is 6.92 Å². The van der Waals surface area contributed by atoms with Gasteiger partial charge < -0.3 is 5.32 Å². The highest BCUT2D eigenvalue weighted by Gasteiger charge is 2.24. The van der Waals surface area contributed by atoms with Gasteiger partial charge in [-0.25, -0.2) is 8.42 Å². The fourth-order valence-electron chi connectivity index (χ4n) is 2.36. The van der Waals surface area contributed by atoms with Gasteiger partial charge in [-0.1, -0.05) is 30.3 Å². The molecule has 6 heteroatoms. The number of carbonyl (C=O) groups excluding carboxylic acids is 1. The number of nitrogens with one attached hydrogen (secondary N) is 2. The number of hydrogen-bond acceptors (Lipinski definition) is 3. The van der Waals surface area contributed by atoms with E-state index in [0.717, 1.165) is 5.56 Å². The SMILES string of the molecule is CCS(=O)(=O)Nc1ccc2c(c1)C(=Cc1ccccc1)C(=O)N2. The summed E-state index contributed by atoms with van der Waals surface area (Å²) in [4.78, 5) is 12.2. The number of carbonyl (C=O) groups is 1. The summed E-state index contributed by atoms with van der Waals surface area (Å²) in [6.07, 6.45) is 1.79. The Morgan fingerprint density at radius 2 is 1.87 bits per heavy atom. The smallest absolute Gasteiger partial charge is 0.256 e. The van der Waals surface area contributed by atoms with E-state index in [1.165, 1.54) is 0 Å². The molecule has 1 aliphatic heterocycles. The molecule has 0 fully saturated rings. The van der Waals surface area contributed by atoms with E-state index in [-0.39, 0.29) is 11.7 Å². The minimum absolute atomic E-state index is 0.00598. The molecule has 0 aliphatic carbocycles. The van der Waals surface area contributed by atoms with Crippen LogP contribution in [0.4, 0.5) is 11.4 Å². The van der Waals surface area contributed by atoms with Crippen LogP contribution in [0.25, 0.3) is 11.6 Å². The van der Waals surface area contributed by atoms with Gasteiger partial charge in [0.25, 0.3) is 5.91 Å². The van der Waals surface area contributed by atoms with Crippen LogP contribution in [0.1, 0.15) is 18.1 Å². The third-order valence-corrected chi connectivity index (χ3v) is 4.87. The zero-order valence-corrected chi connectivity index (χ0v) is 13.4. The van der Waals surface area contributed by atoms with Crippen LogP contribution in [0.5, 0.6) is 0 Å². The van der Waals surface area contributed by atoms with Crippen molar-refractivity contribution in [3.05, 3.63) is 59.7 Å². The minimum Gasteiger partial charge on any atom is -0.321 e. The number of sulfonamides is 1. The van der Waals surface area contributed by atoms with E-state index in [4.69, 9.17) is 0 Å². The van der Waals surface area contributed by atoms with Crippen LogP contribution in [-0.4, -0.2) is 20.1 Å². The van der Waals surface area contributed by atoms with Crippen LogP contribution in [0.2, 0.25) is 0 Å². The van der Waals surface area contributed by atoms with Crippen LogP contribution < -0.4 is 10.0 Å². The van der Waals surface area contributed by atoms with Gasteiger partial charge in [-0.15, -0.1) is 0 Å². The molecule has 3 rings (SSSR count). The highest BCUT2D eigenvalue weighted by Crippen LogP contribution is 2.35. The molecule has 0 spiro atoms. The van der Waals surface area contributed by atoms with Crippen molar-refractivity contribution in [3.8, 4) is 0 Å². The molecule has 1 heterocycles. The second-order valence-corrected chi connectivity index (χ2v) is 7.20. The molecule has 0 atom stereocenters. The van der Waals surface area contributed by atoms with Crippen molar-refractivity contribution in [3.63, 3.8) is 0 Å². The maximum absolute atomic E-state index is 12.2. The molecule has 0 aromatic heterocycles. The lowest BCUT2D eigenvalue weighted by Gasteiger charge is -2.07. The molecule has 23 heavy (non-hydrogen) atoms. The first-order valence-electron chi connectivity index (χ1n) is 7.21. The van der Waals surface area contributed by atoms with Crippen LogP contribution in [-0.2, 0) is 14.8 Å². The topological polar surface area (TPSA) is 75.3 Å². The Morgan fingerprint density at radius 1 is 1.13 bits per heavy atom. The Labute approximate surface area is 135 Å². The molecule has 5 nitrogen and oxygen atoms in total. The normalized spacial score (nSPS) is 15.3. The predicted molar refractivity (Wildman–Crippen MR) is 92.5 cm³/mol. The molecule has 0 saturated heterocycles. The largest absolute Gasteiger partial charge is 0.321 e. The van der Waals surface area contributed by atoms with Gasteiger partial charge in [-0.2, -0.15) is 0 Å². The first-order chi connectivity index (χ1) is 11.0. The maximum Gasteiger partial charge on any atom is 0.256 e. The standard InChI is InChI=1S/C17H16N2O3S/c1-2-23(21,22)19-13-8-9-16-14(11-13)15(17(20)18-16)10-12-6-4-3-5-7-12/h3-11,19H,2H2,1H3,(H,18,20). The number of amides is 1. The van der Waals surface area contributed by atoms with Gasteiger partial charge in [0.15, 0.2) is 0 Å². The minimum atomic E-state index is -3.35. The summed E-state index contributed by atoms with van der Waals surface area (Å²) in [6, 6.07) is 14.5. The van der Waals surface area contributed by atoms with E-state index < -0.39 is 10.0 Å². The van der Waals surface area contributed by atoms with Gasteiger partial charge >= 0.3 is 0 Å². The quantitative estimate of drug-likeness (QED) is 0.847. The van der Waals surface area contributed by atoms with E-state index in [1.54, 1.807) is 31.2 Å². The third-order valence-electron chi connectivity index (χ3n) is 3.57. The van der Waals surface area contributed by atoms with Crippen LogP contribution in [0.3, 0.4) is 0 Å². The second-order valence-electron chi connectivity index (χ2n) is 5.19. The van der Waals surface area contributed by atoms with Crippen LogP contribution in [0, 0.1) is 0 Å². The van der Waals surface area contributed by atoms with Crippen molar-refractivity contribution in [2.24, 2.45) is 0 Å². The van der Waals surface area contributed by atoms with Crippen molar-refractivity contribution in [2.75, 3.05) is 15.8 Å². The highest BCUT2D eigenvalue weighted by atomic mass is 32.2. The Bertz CT molecular complexity index is 887. The molecular weight excluding hydrogens is 312 g/mol. The molecule has 2 N–H and O–H groups in total. The van der Waals surface area contributed by atoms with Gasteiger partial charge in [0.2, 0.25) is 10.0 Å². The lowest BCUT2D eigenvalue weighted by atomic mass is 10.0. The molecule has 2 aromatic carbocycles. The molecule has 0 radical (unpaired) electrons. The number of rotatable bonds is 4. The molecule has 0 saturated carbocycles. The predicted octanol–water partition coefficient (Wildman–Crippen LogP) is 2.94. The number of hydrogen-bond donors (Lipinski definition) is 2. The first kappa shape index (κ1) is 15.3. The number of anilines is 2. The number of fused-ring (bicyclic) bond motifs is 1. The van der Waals surface area contributed by atoms with E-state index >= 15 is 0 Å². The Balaban J connectivity index is 2.01. The zero-order chi connectivity index (χ0) is 16.4. The molecule has 0 unspecified atom stereocenters. The van der Waals surface area contributed by atoms with Crippen molar-refractivity contribution in [1.82, 2.24) is 0 Å². The van der Waals surface area contributed by atoms with Gasteiger partial charge in [0.05, 0.1) is 5.75 Å². The van der Waals surface area contributed by atoms with Crippen molar-refractivity contribution < 1.29 is 13.2 Å². The third kappa shape index (κ3) is 3.27. The van der Waals surface area contributed by atoms with Gasteiger partial charge in [-0.3, -0.25) is 9.52 Å². The van der Waals surface area contributed by atoms with E-state index in [0.29, 0.717) is 22.5 Å². The maximum atomic E-state index is 12.2. The monoisotopic (exact) mass is 328 g/mol. The summed E-state index contributed by atoms with van der Waals surface area (Å²) < 4.78 is 25.9. The molecule has 1 amide bonds. The van der Waals surface area contributed by atoms with E-state index in [9.17, 15) is 13.2 Å². The molecule has 118 valence electrons. The fraction of sp³-hybridized carbons (Fsp3) is 0.118. The highest BCUT2D eigenvalue weighted by molar-refractivity contribution is 7.92. The number of benzene rings is 2. The summed E-state index contributed by atoms with van der Waals surface area (Å²) in [7, 11) is -3.35. The summed E-state index contributed by atoms with van der Waals surface area (Å²) in [6.45, 7) is 1.57. The molecule has 0 bridgehead atoms. The first-order valence-corrected chi connectivity index (χ1v) is 8.87. The van der Waals surface area contributed by atoms with E-state index in [1.807, 2.05) is 30.3 Å². The van der Waals surface area contributed by atoms with Crippen LogP contribution in [0.15, 0.2) is 48.5 Å². The average Bonchev–Trinajstić information content (AvgIpc) is 2.84. The molecule has 1 aliphatic rings. The van der Waals surface area contributed by atoms with Crippen LogP contribution >= 0.6 is 0 Å². The van der Waals surface area contributed by atoms with Crippen molar-refractivity contribution >= 4 is 39.0 Å². The van der Waals surface area contributed by atoms with E-state index in [2.05, 4.69) is 10.0 Å². The fourth-order valence-corrected chi connectivity index (χ4v) is 2.99. The van der Waals surface area contributed by atoms with Gasteiger partial charge in [0, 0.05) is 22.5 Å². The van der Waals surface area contributed by atoms with Gasteiger partial charge in [0.1, 0.15) is 0 Å². The Hall–Kier alpha value is -2.60. The molecular formula is C17H16N2O3S. The zero-order valence-electron chi connectivity index (χ0n) is 12.5. The van der Waals surface area contributed by atoms with Gasteiger partial charge in [-0.05, 0) is 36.8 Å². The Morgan fingerprint density at radius 3 is 2.57 bits per heavy atom. The lowest BCUT2D eigenvalue weighted by Crippen LogP contribution is -2.14.